The third-order valence-corrected chi connectivity index (χ3v) is 6.77. The Balaban J connectivity index is 1.48. The summed E-state index contributed by atoms with van der Waals surface area (Å²) in [6, 6.07) is 5.91. The Kier molecular flexibility index (Phi) is 5.46. The number of pyridine rings is 1. The molecule has 2 aliphatic heterocycles. The van der Waals surface area contributed by atoms with E-state index < -0.39 is 6.09 Å². The zero-order valence-corrected chi connectivity index (χ0v) is 18.5. The van der Waals surface area contributed by atoms with Crippen LogP contribution in [0.1, 0.15) is 42.9 Å². The Morgan fingerprint density at radius 1 is 1.25 bits per heavy atom. The first-order valence-electron chi connectivity index (χ1n) is 10.8. The number of nitrogens with one attached hydrogen (secondary N) is 1. The van der Waals surface area contributed by atoms with Gasteiger partial charge in [0.25, 0.3) is 0 Å². The third-order valence-electron chi connectivity index (χ3n) is 6.50. The van der Waals surface area contributed by atoms with E-state index in [9.17, 15) is 9.90 Å². The standard InChI is InChI=1S/C23H24ClN5O3/c1-32-19-4-2-3-17(26-19)13-5-7-14(8-6-13)20-21-16(12-25-28-20)22-18(27-21)11-15(24)9-10-29(22)23(30)31/h2-4,9,11,13-14,27H,5-8,10,12H2,1H3,(H,30,31)/t13-,14-. The molecule has 0 aromatic carbocycles. The minimum Gasteiger partial charge on any atom is -0.481 e. The number of methoxy groups -OCH3 is 1. The molecule has 4 heterocycles. The number of amides is 1. The molecule has 5 rings (SSSR count). The first-order chi connectivity index (χ1) is 15.5. The minimum absolute atomic E-state index is 0.201. The number of anilines is 1. The van der Waals surface area contributed by atoms with Crippen molar-refractivity contribution in [2.45, 2.75) is 38.1 Å². The summed E-state index contributed by atoms with van der Waals surface area (Å²) in [5.74, 6) is 1.29. The number of aromatic nitrogens is 2. The monoisotopic (exact) mass is 453 g/mol. The molecule has 2 aromatic heterocycles. The first-order valence-corrected chi connectivity index (χ1v) is 11.1. The van der Waals surface area contributed by atoms with Gasteiger partial charge in [0.1, 0.15) is 0 Å². The number of H-pyrrole nitrogens is 1. The molecule has 0 bridgehead atoms. The van der Waals surface area contributed by atoms with Gasteiger partial charge in [0.05, 0.1) is 35.7 Å². The molecule has 0 radical (unpaired) electrons. The third kappa shape index (κ3) is 3.68. The zero-order chi connectivity index (χ0) is 22.2. The van der Waals surface area contributed by atoms with Crippen molar-refractivity contribution < 1.29 is 14.6 Å². The fraction of sp³-hybridized carbons (Fsp3) is 0.391. The Hall–Kier alpha value is -3.13. The topological polar surface area (TPSA) is 103 Å². The molecule has 0 unspecified atom stereocenters. The summed E-state index contributed by atoms with van der Waals surface area (Å²) in [4.78, 5) is 21.3. The fourth-order valence-electron chi connectivity index (χ4n) is 4.93. The second-order valence-electron chi connectivity index (χ2n) is 8.31. The molecule has 9 heteroatoms. The van der Waals surface area contributed by atoms with E-state index in [0.29, 0.717) is 34.4 Å². The highest BCUT2D eigenvalue weighted by atomic mass is 35.5. The van der Waals surface area contributed by atoms with Gasteiger partial charge in [-0.25, -0.2) is 9.78 Å². The van der Waals surface area contributed by atoms with E-state index in [0.717, 1.165) is 48.0 Å². The van der Waals surface area contributed by atoms with Crippen LogP contribution in [0.5, 0.6) is 5.88 Å². The van der Waals surface area contributed by atoms with Crippen LogP contribution >= 0.6 is 11.6 Å². The summed E-state index contributed by atoms with van der Waals surface area (Å²) in [6.45, 7) is 0.552. The summed E-state index contributed by atoms with van der Waals surface area (Å²) in [5, 5.41) is 20.7. The quantitative estimate of drug-likeness (QED) is 0.736. The number of halogens is 1. The molecule has 1 aliphatic carbocycles. The number of rotatable bonds is 3. The maximum atomic E-state index is 11.9. The summed E-state index contributed by atoms with van der Waals surface area (Å²) in [7, 11) is 1.63. The van der Waals surface area contributed by atoms with Crippen molar-refractivity contribution in [3.63, 3.8) is 0 Å². The Labute approximate surface area is 190 Å². The van der Waals surface area contributed by atoms with Crippen molar-refractivity contribution in [2.75, 3.05) is 18.6 Å². The molecule has 0 spiro atoms. The predicted octanol–water partition coefficient (Wildman–Crippen LogP) is 3.87. The number of hydrogen-bond acceptors (Lipinski definition) is 5. The number of aromatic amines is 1. The van der Waals surface area contributed by atoms with E-state index in [1.54, 1.807) is 19.3 Å². The maximum absolute atomic E-state index is 11.9. The van der Waals surface area contributed by atoms with Gasteiger partial charge in [0, 0.05) is 40.7 Å². The van der Waals surface area contributed by atoms with Gasteiger partial charge in [0.2, 0.25) is 5.88 Å². The second kappa shape index (κ2) is 8.43. The van der Waals surface area contributed by atoms with Gasteiger partial charge < -0.3 is 14.8 Å². The molecule has 0 atom stereocenters. The number of carbonyl (C=O) groups is 1. The highest BCUT2D eigenvalue weighted by molar-refractivity contribution is 6.34. The largest absolute Gasteiger partial charge is 0.481 e. The smallest absolute Gasteiger partial charge is 0.412 e. The Bertz CT molecular complexity index is 1240. The van der Waals surface area contributed by atoms with Crippen LogP contribution in [-0.4, -0.2) is 34.8 Å². The lowest BCUT2D eigenvalue weighted by atomic mass is 9.78. The molecule has 8 nitrogen and oxygen atoms in total. The first kappa shape index (κ1) is 20.8. The number of carboxylic acid groups (broad SMARTS) is 1. The van der Waals surface area contributed by atoms with Crippen LogP contribution in [0.15, 0.2) is 39.5 Å². The Morgan fingerprint density at radius 3 is 2.78 bits per heavy atom. The van der Waals surface area contributed by atoms with E-state index in [4.69, 9.17) is 16.3 Å². The molecule has 1 amide bonds. The molecule has 2 aromatic rings. The minimum atomic E-state index is -1.01. The lowest BCUT2D eigenvalue weighted by Gasteiger charge is -2.28. The van der Waals surface area contributed by atoms with Gasteiger partial charge in [-0.15, -0.1) is 0 Å². The van der Waals surface area contributed by atoms with E-state index in [1.165, 1.54) is 4.90 Å². The van der Waals surface area contributed by atoms with E-state index >= 15 is 0 Å². The summed E-state index contributed by atoms with van der Waals surface area (Å²) in [6.07, 6.45) is 6.39. The van der Waals surface area contributed by atoms with Crippen molar-refractivity contribution in [1.82, 2.24) is 9.97 Å². The van der Waals surface area contributed by atoms with Crippen molar-refractivity contribution in [3.05, 3.63) is 51.3 Å². The summed E-state index contributed by atoms with van der Waals surface area (Å²) < 4.78 is 5.27. The van der Waals surface area contributed by atoms with Crippen LogP contribution in [0.25, 0.3) is 11.8 Å². The Morgan fingerprint density at radius 2 is 2.03 bits per heavy atom. The van der Waals surface area contributed by atoms with Gasteiger partial charge in [0.15, 0.2) is 0 Å². The summed E-state index contributed by atoms with van der Waals surface area (Å²) >= 11 is 6.26. The average Bonchev–Trinajstić information content (AvgIpc) is 3.07. The van der Waals surface area contributed by atoms with Crippen LogP contribution in [0, 0.1) is 5.92 Å². The lowest BCUT2D eigenvalue weighted by Crippen LogP contribution is -2.33. The van der Waals surface area contributed by atoms with Crippen LogP contribution in [0.4, 0.5) is 10.5 Å². The van der Waals surface area contributed by atoms with Gasteiger partial charge in [-0.2, -0.15) is 10.2 Å². The highest BCUT2D eigenvalue weighted by Crippen LogP contribution is 2.39. The number of allylic oxidation sites excluding steroid dienone is 1. The van der Waals surface area contributed by atoms with Crippen molar-refractivity contribution in [1.29, 1.82) is 0 Å². The fourth-order valence-corrected chi connectivity index (χ4v) is 5.11. The van der Waals surface area contributed by atoms with Crippen LogP contribution in [0.3, 0.4) is 0 Å². The van der Waals surface area contributed by atoms with Crippen molar-refractivity contribution in [3.8, 4) is 5.88 Å². The molecule has 3 aliphatic rings. The molecule has 1 fully saturated rings. The molecular weight excluding hydrogens is 430 g/mol. The number of ether oxygens (including phenoxy) is 1. The number of azo groups is 1. The van der Waals surface area contributed by atoms with E-state index in [2.05, 4.69) is 26.3 Å². The molecule has 2 N–H and O–H groups in total. The van der Waals surface area contributed by atoms with Crippen molar-refractivity contribution in [2.24, 2.45) is 16.1 Å². The molecule has 32 heavy (non-hydrogen) atoms. The van der Waals surface area contributed by atoms with Crippen LogP contribution in [-0.2, 0) is 6.54 Å². The SMILES string of the molecule is COc1cccc([C@H]2CC[C@H](C3=c4[nH]c5c(c4CN=N3)N(C(=O)O)CC=C(Cl)C=5)CC2)n1. The maximum Gasteiger partial charge on any atom is 0.412 e. The van der Waals surface area contributed by atoms with Gasteiger partial charge in [-0.05, 0) is 43.9 Å². The number of fused-ring (bicyclic) bond motifs is 3. The molecular formula is C23H24ClN5O3. The lowest BCUT2D eigenvalue weighted by molar-refractivity contribution is 0.202. The van der Waals surface area contributed by atoms with E-state index in [-0.39, 0.29) is 12.5 Å². The average molecular weight is 454 g/mol. The van der Waals surface area contributed by atoms with Crippen LogP contribution < -0.4 is 20.3 Å². The highest BCUT2D eigenvalue weighted by Gasteiger charge is 2.30. The molecule has 1 saturated carbocycles. The number of hydrogen-bond donors (Lipinski definition) is 2. The zero-order valence-electron chi connectivity index (χ0n) is 17.7. The predicted molar refractivity (Wildman–Crippen MR) is 121 cm³/mol. The molecule has 166 valence electrons. The van der Waals surface area contributed by atoms with Crippen LogP contribution in [0.2, 0.25) is 0 Å². The van der Waals surface area contributed by atoms with Gasteiger partial charge in [-0.3, -0.25) is 4.90 Å². The van der Waals surface area contributed by atoms with Gasteiger partial charge >= 0.3 is 6.09 Å². The normalized spacial score (nSPS) is 22.4. The molecule has 0 saturated heterocycles. The van der Waals surface area contributed by atoms with E-state index in [1.807, 2.05) is 12.1 Å². The number of nitrogens with zero attached hydrogens (tertiary/aromatic N) is 4. The summed E-state index contributed by atoms with van der Waals surface area (Å²) in [5.41, 5.74) is 3.48. The van der Waals surface area contributed by atoms with Crippen molar-refractivity contribution >= 4 is 35.2 Å². The second-order valence-corrected chi connectivity index (χ2v) is 8.74. The van der Waals surface area contributed by atoms with Gasteiger partial charge in [-0.1, -0.05) is 17.7 Å².